The normalized spacial score (nSPS) is 11.1. The zero-order chi connectivity index (χ0) is 9.73. The van der Waals surface area contributed by atoms with E-state index in [4.69, 9.17) is 0 Å². The van der Waals surface area contributed by atoms with E-state index in [2.05, 4.69) is 10.8 Å². The van der Waals surface area contributed by atoms with E-state index in [9.17, 15) is 8.42 Å². The van der Waals surface area contributed by atoms with Crippen LogP contribution >= 0.6 is 0 Å². The third kappa shape index (κ3) is 3.40. The third-order valence-electron chi connectivity index (χ3n) is 1.44. The third-order valence-corrected chi connectivity index (χ3v) is 2.29. The van der Waals surface area contributed by atoms with Gasteiger partial charge in [0, 0.05) is 0 Å². The average Bonchev–Trinajstić information content (AvgIpc) is 2.17. The minimum atomic E-state index is -3.55. The molecule has 0 fully saturated rings. The minimum absolute atomic E-state index is 0.0508. The summed E-state index contributed by atoms with van der Waals surface area (Å²) >= 11 is 0. The Balaban J connectivity index is 2.59. The second kappa shape index (κ2) is 4.20. The Morgan fingerprint density at radius 3 is 2.46 bits per heavy atom. The lowest BCUT2D eigenvalue weighted by molar-refractivity contribution is 0.314. The number of hydrogen-bond acceptors (Lipinski definition) is 3. The summed E-state index contributed by atoms with van der Waals surface area (Å²) in [6, 6.07) is 9.07. The smallest absolute Gasteiger partial charge is 0.262 e. The van der Waals surface area contributed by atoms with E-state index >= 15 is 0 Å². The summed E-state index contributed by atoms with van der Waals surface area (Å²) < 4.78 is 26.3. The highest BCUT2D eigenvalue weighted by Crippen LogP contribution is 2.04. The van der Waals surface area contributed by atoms with Gasteiger partial charge in [-0.2, -0.15) is 8.42 Å². The van der Waals surface area contributed by atoms with Crippen LogP contribution in [0.2, 0.25) is 0 Å². The molecule has 4 heteroatoms. The molecule has 0 radical (unpaired) electrons. The molecule has 1 aromatic carbocycles. The van der Waals surface area contributed by atoms with Crippen molar-refractivity contribution in [2.24, 2.45) is 0 Å². The van der Waals surface area contributed by atoms with E-state index in [0.29, 0.717) is 0 Å². The molecule has 3 nitrogen and oxygen atoms in total. The first-order chi connectivity index (χ1) is 6.14. The van der Waals surface area contributed by atoms with Crippen LogP contribution in [0, 0.1) is 0 Å². The fourth-order valence-corrected chi connectivity index (χ4v) is 1.17. The molecule has 0 saturated heterocycles. The van der Waals surface area contributed by atoms with Gasteiger partial charge in [0.2, 0.25) is 0 Å². The standard InChI is InChI=1S/C9H10O3S/c1-2-13(10,11)12-8-9-6-4-3-5-7-9/h2-7H,1,8H2. The molecule has 13 heavy (non-hydrogen) atoms. The van der Waals surface area contributed by atoms with Crippen molar-refractivity contribution >= 4 is 10.1 Å². The summed E-state index contributed by atoms with van der Waals surface area (Å²) in [5.41, 5.74) is 0.813. The van der Waals surface area contributed by atoms with E-state index in [0.717, 1.165) is 11.0 Å². The van der Waals surface area contributed by atoms with Gasteiger partial charge >= 0.3 is 0 Å². The molecule has 0 bridgehead atoms. The Morgan fingerprint density at radius 1 is 1.31 bits per heavy atom. The lowest BCUT2D eigenvalue weighted by Gasteiger charge is -2.00. The van der Waals surface area contributed by atoms with Crippen molar-refractivity contribution in [2.45, 2.75) is 6.61 Å². The molecule has 0 aromatic heterocycles. The van der Waals surface area contributed by atoms with Crippen molar-refractivity contribution in [1.82, 2.24) is 0 Å². The molecular weight excluding hydrogens is 188 g/mol. The topological polar surface area (TPSA) is 43.4 Å². The number of rotatable bonds is 4. The van der Waals surface area contributed by atoms with Crippen molar-refractivity contribution in [3.8, 4) is 0 Å². The predicted molar refractivity (Wildman–Crippen MR) is 50.3 cm³/mol. The van der Waals surface area contributed by atoms with E-state index in [1.54, 1.807) is 12.1 Å². The molecule has 0 aliphatic carbocycles. The highest BCUT2D eigenvalue weighted by atomic mass is 32.2. The maximum atomic E-state index is 10.8. The largest absolute Gasteiger partial charge is 0.289 e. The van der Waals surface area contributed by atoms with E-state index in [-0.39, 0.29) is 6.61 Å². The maximum Gasteiger partial charge on any atom is 0.289 e. The van der Waals surface area contributed by atoms with Gasteiger partial charge in [-0.15, -0.1) is 0 Å². The Morgan fingerprint density at radius 2 is 1.92 bits per heavy atom. The predicted octanol–water partition coefficient (Wildman–Crippen LogP) is 1.68. The molecule has 0 aliphatic rings. The molecule has 0 saturated carbocycles. The SMILES string of the molecule is C=CS(=O)(=O)OCc1ccccc1. The van der Waals surface area contributed by atoms with Crippen molar-refractivity contribution in [2.75, 3.05) is 0 Å². The van der Waals surface area contributed by atoms with E-state index in [1.807, 2.05) is 18.2 Å². The van der Waals surface area contributed by atoms with Gasteiger partial charge in [-0.05, 0) is 5.56 Å². The Hall–Kier alpha value is -1.13. The van der Waals surface area contributed by atoms with Crippen LogP contribution in [-0.2, 0) is 20.9 Å². The molecule has 0 unspecified atom stereocenters. The highest BCUT2D eigenvalue weighted by molar-refractivity contribution is 7.89. The molecule has 0 amide bonds. The lowest BCUT2D eigenvalue weighted by Crippen LogP contribution is -2.01. The Kier molecular flexibility index (Phi) is 3.22. The van der Waals surface area contributed by atoms with Crippen LogP contribution in [0.15, 0.2) is 42.3 Å². The van der Waals surface area contributed by atoms with Gasteiger partial charge < -0.3 is 0 Å². The highest BCUT2D eigenvalue weighted by Gasteiger charge is 2.03. The second-order valence-electron chi connectivity index (χ2n) is 2.41. The summed E-state index contributed by atoms with van der Waals surface area (Å²) in [5, 5.41) is 0.788. The first-order valence-corrected chi connectivity index (χ1v) is 5.17. The first-order valence-electron chi connectivity index (χ1n) is 3.70. The summed E-state index contributed by atoms with van der Waals surface area (Å²) in [6.45, 7) is 3.18. The van der Waals surface area contributed by atoms with Crippen LogP contribution in [0.25, 0.3) is 0 Å². The van der Waals surface area contributed by atoms with Gasteiger partial charge in [0.15, 0.2) is 0 Å². The zero-order valence-electron chi connectivity index (χ0n) is 7.01. The molecule has 0 heterocycles. The minimum Gasteiger partial charge on any atom is -0.262 e. The van der Waals surface area contributed by atoms with Crippen LogP contribution in [-0.4, -0.2) is 8.42 Å². The fraction of sp³-hybridized carbons (Fsp3) is 0.111. The van der Waals surface area contributed by atoms with Gasteiger partial charge in [0.1, 0.15) is 0 Å². The maximum absolute atomic E-state index is 10.8. The number of hydrogen-bond donors (Lipinski definition) is 0. The molecule has 70 valence electrons. The van der Waals surface area contributed by atoms with Gasteiger partial charge in [0.25, 0.3) is 10.1 Å². The molecule has 0 aliphatic heterocycles. The van der Waals surface area contributed by atoms with Crippen molar-refractivity contribution in [3.05, 3.63) is 47.9 Å². The van der Waals surface area contributed by atoms with Crippen LogP contribution in [0.4, 0.5) is 0 Å². The van der Waals surface area contributed by atoms with Gasteiger partial charge in [0.05, 0.1) is 12.0 Å². The Labute approximate surface area is 77.8 Å². The van der Waals surface area contributed by atoms with Crippen LogP contribution in [0.3, 0.4) is 0 Å². The summed E-state index contributed by atoms with van der Waals surface area (Å²) in [5.74, 6) is 0. The monoisotopic (exact) mass is 198 g/mol. The van der Waals surface area contributed by atoms with Crippen LogP contribution in [0.5, 0.6) is 0 Å². The average molecular weight is 198 g/mol. The molecule has 1 aromatic rings. The molecular formula is C9H10O3S. The summed E-state index contributed by atoms with van der Waals surface area (Å²) in [4.78, 5) is 0. The molecule has 0 atom stereocenters. The Bertz CT molecular complexity index is 367. The lowest BCUT2D eigenvalue weighted by atomic mass is 10.2. The second-order valence-corrected chi connectivity index (χ2v) is 3.96. The van der Waals surface area contributed by atoms with Crippen molar-refractivity contribution in [1.29, 1.82) is 0 Å². The first kappa shape index (κ1) is 9.95. The number of benzene rings is 1. The van der Waals surface area contributed by atoms with Crippen LogP contribution in [0.1, 0.15) is 5.56 Å². The van der Waals surface area contributed by atoms with Gasteiger partial charge in [-0.25, -0.2) is 0 Å². The van der Waals surface area contributed by atoms with Gasteiger partial charge in [-0.3, -0.25) is 4.18 Å². The molecule has 0 spiro atoms. The zero-order valence-corrected chi connectivity index (χ0v) is 7.83. The van der Waals surface area contributed by atoms with Crippen molar-refractivity contribution < 1.29 is 12.6 Å². The molecule has 0 N–H and O–H groups in total. The molecule has 1 rings (SSSR count). The summed E-state index contributed by atoms with van der Waals surface area (Å²) in [6.07, 6.45) is 0. The van der Waals surface area contributed by atoms with E-state index in [1.165, 1.54) is 0 Å². The van der Waals surface area contributed by atoms with Crippen molar-refractivity contribution in [3.63, 3.8) is 0 Å². The van der Waals surface area contributed by atoms with Gasteiger partial charge in [-0.1, -0.05) is 36.9 Å². The fourth-order valence-electron chi connectivity index (χ4n) is 0.773. The summed E-state index contributed by atoms with van der Waals surface area (Å²) in [7, 11) is -3.55. The van der Waals surface area contributed by atoms with E-state index < -0.39 is 10.1 Å². The quantitative estimate of drug-likeness (QED) is 0.691. The van der Waals surface area contributed by atoms with Crippen LogP contribution < -0.4 is 0 Å².